The van der Waals surface area contributed by atoms with E-state index in [1.165, 1.54) is 6.08 Å². The molecule has 0 fully saturated rings. The molecule has 1 rings (SSSR count). The predicted molar refractivity (Wildman–Crippen MR) is 54.5 cm³/mol. The van der Waals surface area contributed by atoms with Crippen LogP contribution in [0.25, 0.3) is 0 Å². The Morgan fingerprint density at radius 1 is 1.57 bits per heavy atom. The van der Waals surface area contributed by atoms with Gasteiger partial charge in [0, 0.05) is 0 Å². The van der Waals surface area contributed by atoms with Crippen LogP contribution in [-0.2, 0) is 4.79 Å². The van der Waals surface area contributed by atoms with Gasteiger partial charge in [0.1, 0.15) is 11.9 Å². The summed E-state index contributed by atoms with van der Waals surface area (Å²) >= 11 is 5.87. The maximum absolute atomic E-state index is 9.86. The number of aliphatic imine (C=N–C) groups is 1. The molecule has 0 aliphatic carbocycles. The molecule has 0 bridgehead atoms. The van der Waals surface area contributed by atoms with Gasteiger partial charge in [-0.05, 0) is 19.1 Å². The molecule has 0 radical (unpaired) electrons. The highest BCUT2D eigenvalue weighted by Crippen LogP contribution is 2.24. The van der Waals surface area contributed by atoms with E-state index in [0.29, 0.717) is 10.8 Å². The lowest BCUT2D eigenvalue weighted by Gasteiger charge is -2.12. The van der Waals surface area contributed by atoms with Crippen molar-refractivity contribution in [1.82, 2.24) is 0 Å². The Bertz CT molecular complexity index is 348. The smallest absolute Gasteiger partial charge is 0.235 e. The molecule has 14 heavy (non-hydrogen) atoms. The summed E-state index contributed by atoms with van der Waals surface area (Å²) in [7, 11) is 0. The fraction of sp³-hybridized carbons (Fsp3) is 0.300. The number of nitrogens with zero attached hydrogens (tertiary/aromatic N) is 1. The summed E-state index contributed by atoms with van der Waals surface area (Å²) in [5.74, 6) is 0.600. The van der Waals surface area contributed by atoms with E-state index >= 15 is 0 Å². The molecule has 0 aromatic heterocycles. The normalized spacial score (nSPS) is 11.6. The Labute approximate surface area is 87.4 Å². The van der Waals surface area contributed by atoms with Gasteiger partial charge in [0.25, 0.3) is 0 Å². The molecule has 0 heterocycles. The first kappa shape index (κ1) is 10.8. The lowest BCUT2D eigenvalue weighted by molar-refractivity contribution is 0.230. The number of ether oxygens (including phenoxy) is 1. The van der Waals surface area contributed by atoms with Gasteiger partial charge in [-0.3, -0.25) is 0 Å². The second-order valence-electron chi connectivity index (χ2n) is 2.79. The van der Waals surface area contributed by atoms with E-state index in [1.807, 2.05) is 19.1 Å². The van der Waals surface area contributed by atoms with Crippen molar-refractivity contribution in [3.05, 3.63) is 29.3 Å². The zero-order chi connectivity index (χ0) is 10.4. The molecule has 0 spiro atoms. The Hall–Kier alpha value is -1.31. The Morgan fingerprint density at radius 2 is 2.29 bits per heavy atom. The molecule has 1 atom stereocenters. The molecular formula is C10H10ClNO2. The first-order chi connectivity index (χ1) is 6.74. The molecule has 74 valence electrons. The van der Waals surface area contributed by atoms with Crippen LogP contribution < -0.4 is 4.74 Å². The number of para-hydroxylation sites is 1. The molecule has 4 heteroatoms. The molecule has 0 amide bonds. The second-order valence-corrected chi connectivity index (χ2v) is 3.20. The minimum Gasteiger partial charge on any atom is -0.487 e. The minimum absolute atomic E-state index is 0.184. The third-order valence-electron chi connectivity index (χ3n) is 1.58. The van der Waals surface area contributed by atoms with Crippen LogP contribution in [0.3, 0.4) is 0 Å². The number of hydrogen-bond acceptors (Lipinski definition) is 3. The van der Waals surface area contributed by atoms with Crippen LogP contribution in [0.2, 0.25) is 5.02 Å². The van der Waals surface area contributed by atoms with Crippen LogP contribution in [0.1, 0.15) is 6.92 Å². The highest BCUT2D eigenvalue weighted by Gasteiger charge is 2.05. The molecule has 1 unspecified atom stereocenters. The first-order valence-electron chi connectivity index (χ1n) is 4.19. The monoisotopic (exact) mass is 211 g/mol. The van der Waals surface area contributed by atoms with Gasteiger partial charge in [-0.2, -0.15) is 0 Å². The highest BCUT2D eigenvalue weighted by atomic mass is 35.5. The molecule has 1 aromatic rings. The van der Waals surface area contributed by atoms with E-state index in [1.54, 1.807) is 12.1 Å². The molecule has 0 N–H and O–H groups in total. The maximum atomic E-state index is 9.86. The van der Waals surface area contributed by atoms with Gasteiger partial charge in [0.05, 0.1) is 11.6 Å². The molecule has 0 aliphatic rings. The van der Waals surface area contributed by atoms with Gasteiger partial charge in [-0.25, -0.2) is 9.79 Å². The van der Waals surface area contributed by atoms with Crippen LogP contribution in [0.5, 0.6) is 5.75 Å². The van der Waals surface area contributed by atoms with Gasteiger partial charge in [0.2, 0.25) is 6.08 Å². The number of isocyanates is 1. The SMILES string of the molecule is CC(CN=C=O)Oc1ccccc1Cl. The summed E-state index contributed by atoms with van der Waals surface area (Å²) < 4.78 is 5.44. The van der Waals surface area contributed by atoms with E-state index < -0.39 is 0 Å². The average molecular weight is 212 g/mol. The second kappa shape index (κ2) is 5.43. The number of hydrogen-bond donors (Lipinski definition) is 0. The zero-order valence-electron chi connectivity index (χ0n) is 7.74. The number of halogens is 1. The summed E-state index contributed by atoms with van der Waals surface area (Å²) in [6.07, 6.45) is 1.28. The Balaban J connectivity index is 2.60. The van der Waals surface area contributed by atoms with Crippen molar-refractivity contribution in [2.75, 3.05) is 6.54 Å². The number of carbonyl (C=O) groups excluding carboxylic acids is 1. The highest BCUT2D eigenvalue weighted by molar-refractivity contribution is 6.32. The first-order valence-corrected chi connectivity index (χ1v) is 4.56. The number of rotatable bonds is 4. The van der Waals surface area contributed by atoms with Gasteiger partial charge in [0.15, 0.2) is 0 Å². The van der Waals surface area contributed by atoms with E-state index in [4.69, 9.17) is 16.3 Å². The van der Waals surface area contributed by atoms with Gasteiger partial charge < -0.3 is 4.74 Å². The van der Waals surface area contributed by atoms with Gasteiger partial charge in [-0.15, -0.1) is 0 Å². The summed E-state index contributed by atoms with van der Waals surface area (Å²) in [6, 6.07) is 7.16. The molecule has 0 aliphatic heterocycles. The summed E-state index contributed by atoms with van der Waals surface area (Å²) in [5.41, 5.74) is 0. The fourth-order valence-electron chi connectivity index (χ4n) is 0.960. The van der Waals surface area contributed by atoms with Crippen LogP contribution in [-0.4, -0.2) is 18.7 Å². The van der Waals surface area contributed by atoms with Crippen molar-refractivity contribution in [2.24, 2.45) is 4.99 Å². The van der Waals surface area contributed by atoms with Crippen molar-refractivity contribution in [3.8, 4) is 5.75 Å². The molecule has 0 saturated heterocycles. The van der Waals surface area contributed by atoms with Crippen molar-refractivity contribution >= 4 is 17.7 Å². The molecular weight excluding hydrogens is 202 g/mol. The topological polar surface area (TPSA) is 38.7 Å². The van der Waals surface area contributed by atoms with E-state index in [9.17, 15) is 4.79 Å². The summed E-state index contributed by atoms with van der Waals surface area (Å²) in [6.45, 7) is 2.10. The van der Waals surface area contributed by atoms with Crippen LogP contribution >= 0.6 is 11.6 Å². The van der Waals surface area contributed by atoms with Crippen molar-refractivity contribution in [2.45, 2.75) is 13.0 Å². The lowest BCUT2D eigenvalue weighted by atomic mass is 10.3. The van der Waals surface area contributed by atoms with E-state index in [-0.39, 0.29) is 12.6 Å². The van der Waals surface area contributed by atoms with Crippen molar-refractivity contribution in [1.29, 1.82) is 0 Å². The Kier molecular flexibility index (Phi) is 4.17. The quantitative estimate of drug-likeness (QED) is 0.567. The standard InChI is InChI=1S/C10H10ClNO2/c1-8(6-12-7-13)14-10-5-3-2-4-9(10)11/h2-5,8H,6H2,1H3. The van der Waals surface area contributed by atoms with Crippen molar-refractivity contribution < 1.29 is 9.53 Å². The summed E-state index contributed by atoms with van der Waals surface area (Å²) in [4.78, 5) is 13.3. The molecule has 3 nitrogen and oxygen atoms in total. The number of benzene rings is 1. The molecule has 1 aromatic carbocycles. The largest absolute Gasteiger partial charge is 0.487 e. The third kappa shape index (κ3) is 3.21. The third-order valence-corrected chi connectivity index (χ3v) is 1.89. The lowest BCUT2D eigenvalue weighted by Crippen LogP contribution is -2.15. The van der Waals surface area contributed by atoms with Gasteiger partial charge >= 0.3 is 0 Å². The van der Waals surface area contributed by atoms with Gasteiger partial charge in [-0.1, -0.05) is 23.7 Å². The summed E-state index contributed by atoms with van der Waals surface area (Å²) in [5, 5.41) is 0.550. The van der Waals surface area contributed by atoms with Crippen LogP contribution in [0.15, 0.2) is 29.3 Å². The zero-order valence-corrected chi connectivity index (χ0v) is 8.49. The fourth-order valence-corrected chi connectivity index (χ4v) is 1.14. The Morgan fingerprint density at radius 3 is 2.93 bits per heavy atom. The van der Waals surface area contributed by atoms with Crippen molar-refractivity contribution in [3.63, 3.8) is 0 Å². The average Bonchev–Trinajstić information content (AvgIpc) is 2.18. The predicted octanol–water partition coefficient (Wildman–Crippen LogP) is 2.44. The molecule has 0 saturated carbocycles. The van der Waals surface area contributed by atoms with Crippen LogP contribution in [0, 0.1) is 0 Å². The van der Waals surface area contributed by atoms with E-state index in [0.717, 1.165) is 0 Å². The van der Waals surface area contributed by atoms with E-state index in [2.05, 4.69) is 4.99 Å². The minimum atomic E-state index is -0.184. The van der Waals surface area contributed by atoms with Crippen LogP contribution in [0.4, 0.5) is 0 Å². The maximum Gasteiger partial charge on any atom is 0.235 e.